The van der Waals surface area contributed by atoms with Crippen molar-refractivity contribution in [3.63, 3.8) is 0 Å². The average Bonchev–Trinajstić information content (AvgIpc) is 2.74. The van der Waals surface area contributed by atoms with Crippen LogP contribution in [0, 0.1) is 5.82 Å². The van der Waals surface area contributed by atoms with Crippen LogP contribution >= 0.6 is 0 Å². The van der Waals surface area contributed by atoms with Crippen molar-refractivity contribution in [2.45, 2.75) is 6.54 Å². The molecule has 1 aromatic carbocycles. The molecule has 1 heterocycles. The van der Waals surface area contributed by atoms with Crippen LogP contribution in [0.2, 0.25) is 0 Å². The van der Waals surface area contributed by atoms with Gasteiger partial charge in [0.25, 0.3) is 0 Å². The summed E-state index contributed by atoms with van der Waals surface area (Å²) in [6.45, 7) is 0.126. The molecule has 0 unspecified atom stereocenters. The summed E-state index contributed by atoms with van der Waals surface area (Å²) < 4.78 is 35.0. The SMILES string of the molecule is CS(=O)(=O)CCn1nnc(-c2cccc(F)c2)n1. The Kier molecular flexibility index (Phi) is 3.37. The monoisotopic (exact) mass is 270 g/mol. The quantitative estimate of drug-likeness (QED) is 0.809. The summed E-state index contributed by atoms with van der Waals surface area (Å²) in [5.74, 6) is -0.186. The fourth-order valence-corrected chi connectivity index (χ4v) is 1.82. The minimum Gasteiger partial charge on any atom is -0.229 e. The molecular weight excluding hydrogens is 259 g/mol. The highest BCUT2D eigenvalue weighted by Crippen LogP contribution is 2.14. The van der Waals surface area contributed by atoms with Crippen LogP contribution in [0.15, 0.2) is 24.3 Å². The van der Waals surface area contributed by atoms with Gasteiger partial charge in [0.2, 0.25) is 5.82 Å². The molecule has 0 N–H and O–H groups in total. The molecule has 18 heavy (non-hydrogen) atoms. The van der Waals surface area contributed by atoms with Gasteiger partial charge in [0, 0.05) is 11.8 Å². The molecule has 0 saturated carbocycles. The molecule has 0 aliphatic carbocycles. The molecule has 6 nitrogen and oxygen atoms in total. The first kappa shape index (κ1) is 12.6. The van der Waals surface area contributed by atoms with Crippen molar-refractivity contribution in [3.05, 3.63) is 30.1 Å². The summed E-state index contributed by atoms with van der Waals surface area (Å²) in [5, 5.41) is 11.5. The van der Waals surface area contributed by atoms with Crippen molar-refractivity contribution in [1.29, 1.82) is 0 Å². The van der Waals surface area contributed by atoms with E-state index in [4.69, 9.17) is 0 Å². The Morgan fingerprint density at radius 2 is 2.17 bits per heavy atom. The van der Waals surface area contributed by atoms with Crippen LogP contribution in [0.3, 0.4) is 0 Å². The molecule has 0 spiro atoms. The van der Waals surface area contributed by atoms with E-state index in [0.717, 1.165) is 6.26 Å². The molecule has 0 bridgehead atoms. The number of benzene rings is 1. The largest absolute Gasteiger partial charge is 0.229 e. The van der Waals surface area contributed by atoms with Crippen molar-refractivity contribution in [1.82, 2.24) is 20.2 Å². The van der Waals surface area contributed by atoms with Crippen LogP contribution in [-0.4, -0.2) is 40.6 Å². The van der Waals surface area contributed by atoms with E-state index in [0.29, 0.717) is 5.56 Å². The molecular formula is C10H11FN4O2S. The van der Waals surface area contributed by atoms with Gasteiger partial charge in [-0.3, -0.25) is 0 Å². The molecule has 2 rings (SSSR count). The van der Waals surface area contributed by atoms with Gasteiger partial charge >= 0.3 is 0 Å². The third-order valence-electron chi connectivity index (χ3n) is 2.20. The fourth-order valence-electron chi connectivity index (χ4n) is 1.33. The van der Waals surface area contributed by atoms with E-state index in [1.54, 1.807) is 12.1 Å². The highest BCUT2D eigenvalue weighted by molar-refractivity contribution is 7.90. The van der Waals surface area contributed by atoms with Gasteiger partial charge < -0.3 is 0 Å². The lowest BCUT2D eigenvalue weighted by atomic mass is 10.2. The maximum atomic E-state index is 13.0. The van der Waals surface area contributed by atoms with Gasteiger partial charge in [-0.25, -0.2) is 12.8 Å². The molecule has 0 aliphatic rings. The second-order valence-corrected chi connectivity index (χ2v) is 6.11. The standard InChI is InChI=1S/C10H11FN4O2S/c1-18(16,17)6-5-15-13-10(12-14-15)8-3-2-4-9(11)7-8/h2-4,7H,5-6H2,1H3. The predicted molar refractivity (Wildman–Crippen MR) is 62.9 cm³/mol. The van der Waals surface area contributed by atoms with Crippen LogP contribution in [0.4, 0.5) is 4.39 Å². The van der Waals surface area contributed by atoms with E-state index in [-0.39, 0.29) is 23.9 Å². The van der Waals surface area contributed by atoms with Gasteiger partial charge in [-0.15, -0.1) is 10.2 Å². The van der Waals surface area contributed by atoms with Gasteiger partial charge in [0.05, 0.1) is 12.3 Å². The molecule has 0 amide bonds. The highest BCUT2D eigenvalue weighted by Gasteiger charge is 2.08. The lowest BCUT2D eigenvalue weighted by Crippen LogP contribution is -2.13. The molecule has 96 valence electrons. The third kappa shape index (κ3) is 3.33. The van der Waals surface area contributed by atoms with E-state index < -0.39 is 9.84 Å². The van der Waals surface area contributed by atoms with E-state index >= 15 is 0 Å². The summed E-state index contributed by atoms with van der Waals surface area (Å²) in [7, 11) is -3.07. The number of aromatic nitrogens is 4. The lowest BCUT2D eigenvalue weighted by Gasteiger charge is -1.96. The number of halogens is 1. The molecule has 0 saturated heterocycles. The van der Waals surface area contributed by atoms with Crippen molar-refractivity contribution in [2.24, 2.45) is 0 Å². The van der Waals surface area contributed by atoms with E-state index in [1.807, 2.05) is 0 Å². The van der Waals surface area contributed by atoms with Crippen LogP contribution in [0.1, 0.15) is 0 Å². The third-order valence-corrected chi connectivity index (χ3v) is 3.12. The minimum absolute atomic E-state index is 0.0635. The van der Waals surface area contributed by atoms with Gasteiger partial charge in [-0.1, -0.05) is 12.1 Å². The first-order chi connectivity index (χ1) is 8.44. The summed E-state index contributed by atoms with van der Waals surface area (Å²) in [6.07, 6.45) is 1.14. The number of tetrazole rings is 1. The van der Waals surface area contributed by atoms with Crippen molar-refractivity contribution in [3.8, 4) is 11.4 Å². The Labute approximate surface area is 103 Å². The first-order valence-electron chi connectivity index (χ1n) is 5.15. The fraction of sp³-hybridized carbons (Fsp3) is 0.300. The Balaban J connectivity index is 2.16. The van der Waals surface area contributed by atoms with Crippen LogP contribution in [0.25, 0.3) is 11.4 Å². The lowest BCUT2D eigenvalue weighted by molar-refractivity contribution is 0.540. The normalized spacial score (nSPS) is 11.7. The zero-order valence-electron chi connectivity index (χ0n) is 9.62. The Morgan fingerprint density at radius 1 is 1.39 bits per heavy atom. The van der Waals surface area contributed by atoms with E-state index in [2.05, 4.69) is 15.4 Å². The van der Waals surface area contributed by atoms with Gasteiger partial charge in [-0.2, -0.15) is 4.80 Å². The molecule has 1 aromatic heterocycles. The Hall–Kier alpha value is -1.83. The molecule has 2 aromatic rings. The Bertz CT molecular complexity index is 653. The zero-order chi connectivity index (χ0) is 13.2. The minimum atomic E-state index is -3.07. The summed E-state index contributed by atoms with van der Waals surface area (Å²) in [5.41, 5.74) is 0.501. The Morgan fingerprint density at radius 3 is 2.83 bits per heavy atom. The topological polar surface area (TPSA) is 77.7 Å². The molecule has 0 aliphatic heterocycles. The van der Waals surface area contributed by atoms with Crippen molar-refractivity contribution < 1.29 is 12.8 Å². The second-order valence-electron chi connectivity index (χ2n) is 3.85. The number of rotatable bonds is 4. The molecule has 8 heteroatoms. The predicted octanol–water partition coefficient (Wildman–Crippen LogP) is 0.524. The van der Waals surface area contributed by atoms with Gasteiger partial charge in [0.1, 0.15) is 15.7 Å². The summed E-state index contributed by atoms with van der Waals surface area (Å²) >= 11 is 0. The van der Waals surface area contributed by atoms with Gasteiger partial charge in [0.15, 0.2) is 0 Å². The second kappa shape index (κ2) is 4.81. The number of hydrogen-bond acceptors (Lipinski definition) is 5. The zero-order valence-corrected chi connectivity index (χ0v) is 10.4. The number of nitrogens with zero attached hydrogens (tertiary/aromatic N) is 4. The summed E-state index contributed by atoms with van der Waals surface area (Å²) in [4.78, 5) is 1.18. The number of hydrogen-bond donors (Lipinski definition) is 0. The molecule has 0 radical (unpaired) electrons. The van der Waals surface area contributed by atoms with Crippen molar-refractivity contribution >= 4 is 9.84 Å². The average molecular weight is 270 g/mol. The number of aryl methyl sites for hydroxylation is 1. The highest BCUT2D eigenvalue weighted by atomic mass is 32.2. The van der Waals surface area contributed by atoms with Crippen LogP contribution in [0.5, 0.6) is 0 Å². The maximum absolute atomic E-state index is 13.0. The summed E-state index contributed by atoms with van der Waals surface area (Å²) in [6, 6.07) is 5.80. The maximum Gasteiger partial charge on any atom is 0.205 e. The van der Waals surface area contributed by atoms with Crippen molar-refractivity contribution in [2.75, 3.05) is 12.0 Å². The van der Waals surface area contributed by atoms with E-state index in [9.17, 15) is 12.8 Å². The first-order valence-corrected chi connectivity index (χ1v) is 7.21. The molecule has 0 atom stereocenters. The van der Waals surface area contributed by atoms with E-state index in [1.165, 1.54) is 16.9 Å². The van der Waals surface area contributed by atoms with Crippen LogP contribution < -0.4 is 0 Å². The van der Waals surface area contributed by atoms with Crippen LogP contribution in [-0.2, 0) is 16.4 Å². The number of sulfone groups is 1. The van der Waals surface area contributed by atoms with Gasteiger partial charge in [-0.05, 0) is 17.3 Å². The molecule has 0 fully saturated rings. The smallest absolute Gasteiger partial charge is 0.205 e.